The standard InChI is InChI=1S/C12H13N3O3/c1-18-12(17)6-11(16)15-14-8-10-4-2-9(7-13)3-5-10/h2-5,14H,6,8H2,1H3,(H,15,16). The third-order valence-electron chi connectivity index (χ3n) is 2.14. The maximum atomic E-state index is 11.2. The summed E-state index contributed by atoms with van der Waals surface area (Å²) in [5, 5.41) is 8.62. The quantitative estimate of drug-likeness (QED) is 0.442. The number of amides is 1. The van der Waals surface area contributed by atoms with Crippen LogP contribution in [-0.2, 0) is 20.9 Å². The fourth-order valence-electron chi connectivity index (χ4n) is 1.19. The zero-order valence-electron chi connectivity index (χ0n) is 9.90. The number of rotatable bonds is 5. The van der Waals surface area contributed by atoms with Gasteiger partial charge in [-0.2, -0.15) is 5.26 Å². The van der Waals surface area contributed by atoms with Crippen LogP contribution in [0.2, 0.25) is 0 Å². The Balaban J connectivity index is 2.31. The number of carbonyl (C=O) groups is 2. The fourth-order valence-corrected chi connectivity index (χ4v) is 1.19. The zero-order valence-corrected chi connectivity index (χ0v) is 9.90. The van der Waals surface area contributed by atoms with Crippen molar-refractivity contribution in [1.82, 2.24) is 10.9 Å². The molecule has 0 radical (unpaired) electrons. The van der Waals surface area contributed by atoms with Crippen molar-refractivity contribution >= 4 is 11.9 Å². The topological polar surface area (TPSA) is 91.2 Å². The Morgan fingerprint density at radius 1 is 1.33 bits per heavy atom. The first-order valence-corrected chi connectivity index (χ1v) is 5.23. The Kier molecular flexibility index (Phi) is 5.35. The van der Waals surface area contributed by atoms with Gasteiger partial charge in [-0.1, -0.05) is 12.1 Å². The first-order valence-electron chi connectivity index (χ1n) is 5.23. The van der Waals surface area contributed by atoms with Crippen molar-refractivity contribution in [3.8, 4) is 6.07 Å². The van der Waals surface area contributed by atoms with E-state index in [9.17, 15) is 9.59 Å². The van der Waals surface area contributed by atoms with E-state index < -0.39 is 11.9 Å². The fraction of sp³-hybridized carbons (Fsp3) is 0.250. The van der Waals surface area contributed by atoms with Crippen molar-refractivity contribution in [2.45, 2.75) is 13.0 Å². The number of hydrogen-bond donors (Lipinski definition) is 2. The Bertz CT molecular complexity index is 462. The van der Waals surface area contributed by atoms with Crippen LogP contribution in [0, 0.1) is 11.3 Å². The minimum atomic E-state index is -0.590. The molecule has 0 saturated carbocycles. The van der Waals surface area contributed by atoms with Crippen molar-refractivity contribution in [2.75, 3.05) is 7.11 Å². The SMILES string of the molecule is COC(=O)CC(=O)NNCc1ccc(C#N)cc1. The van der Waals surface area contributed by atoms with Crippen LogP contribution in [0.15, 0.2) is 24.3 Å². The van der Waals surface area contributed by atoms with Gasteiger partial charge in [0.05, 0.1) is 18.7 Å². The summed E-state index contributed by atoms with van der Waals surface area (Å²) in [4.78, 5) is 22.0. The van der Waals surface area contributed by atoms with Gasteiger partial charge in [0.1, 0.15) is 6.42 Å². The van der Waals surface area contributed by atoms with E-state index in [1.807, 2.05) is 6.07 Å². The number of nitrogens with zero attached hydrogens (tertiary/aromatic N) is 1. The van der Waals surface area contributed by atoms with Crippen LogP contribution < -0.4 is 10.9 Å². The van der Waals surface area contributed by atoms with Crippen LogP contribution >= 0.6 is 0 Å². The molecule has 1 aromatic carbocycles. The number of hydrogen-bond acceptors (Lipinski definition) is 5. The predicted octanol–water partition coefficient (Wildman–Crippen LogP) is 0.242. The van der Waals surface area contributed by atoms with E-state index in [-0.39, 0.29) is 6.42 Å². The van der Waals surface area contributed by atoms with Crippen LogP contribution in [0.1, 0.15) is 17.5 Å². The Labute approximate surface area is 105 Å². The van der Waals surface area contributed by atoms with Gasteiger partial charge in [-0.05, 0) is 17.7 Å². The highest BCUT2D eigenvalue weighted by molar-refractivity contribution is 5.93. The molecule has 0 atom stereocenters. The lowest BCUT2D eigenvalue weighted by molar-refractivity contribution is -0.144. The second-order valence-corrected chi connectivity index (χ2v) is 3.46. The molecule has 0 saturated heterocycles. The summed E-state index contributed by atoms with van der Waals surface area (Å²) in [6.45, 7) is 0.401. The van der Waals surface area contributed by atoms with Gasteiger partial charge in [0.25, 0.3) is 0 Å². The molecule has 1 amide bonds. The van der Waals surface area contributed by atoms with E-state index in [4.69, 9.17) is 5.26 Å². The number of nitriles is 1. The summed E-state index contributed by atoms with van der Waals surface area (Å²) in [7, 11) is 1.22. The van der Waals surface area contributed by atoms with Crippen molar-refractivity contribution in [1.29, 1.82) is 5.26 Å². The van der Waals surface area contributed by atoms with Gasteiger partial charge < -0.3 is 4.74 Å². The maximum Gasteiger partial charge on any atom is 0.315 e. The van der Waals surface area contributed by atoms with Crippen LogP contribution in [0.4, 0.5) is 0 Å². The molecular weight excluding hydrogens is 234 g/mol. The monoisotopic (exact) mass is 247 g/mol. The molecular formula is C12H13N3O3. The minimum absolute atomic E-state index is 0.323. The maximum absolute atomic E-state index is 11.2. The third kappa shape index (κ3) is 4.63. The number of carbonyl (C=O) groups excluding carboxylic acids is 2. The highest BCUT2D eigenvalue weighted by Crippen LogP contribution is 2.02. The molecule has 0 heterocycles. The number of benzene rings is 1. The molecule has 0 fully saturated rings. The second-order valence-electron chi connectivity index (χ2n) is 3.46. The van der Waals surface area contributed by atoms with Gasteiger partial charge in [-0.25, -0.2) is 5.43 Å². The van der Waals surface area contributed by atoms with Crippen LogP contribution in [0.3, 0.4) is 0 Å². The summed E-state index contributed by atoms with van der Waals surface area (Å²) in [5.41, 5.74) is 6.54. The van der Waals surface area contributed by atoms with E-state index in [1.165, 1.54) is 7.11 Å². The Hall–Kier alpha value is -2.39. The van der Waals surface area contributed by atoms with Gasteiger partial charge in [0.15, 0.2) is 0 Å². The molecule has 0 bridgehead atoms. The van der Waals surface area contributed by atoms with Gasteiger partial charge in [-0.15, -0.1) is 0 Å². The van der Waals surface area contributed by atoms with Gasteiger partial charge in [0, 0.05) is 6.54 Å². The average Bonchev–Trinajstić information content (AvgIpc) is 2.39. The molecule has 6 heteroatoms. The lowest BCUT2D eigenvalue weighted by atomic mass is 10.1. The van der Waals surface area contributed by atoms with Crippen LogP contribution in [0.25, 0.3) is 0 Å². The molecule has 2 N–H and O–H groups in total. The smallest absolute Gasteiger partial charge is 0.315 e. The third-order valence-corrected chi connectivity index (χ3v) is 2.14. The van der Waals surface area contributed by atoms with Crippen LogP contribution in [-0.4, -0.2) is 19.0 Å². The summed E-state index contributed by atoms with van der Waals surface area (Å²) in [6.07, 6.45) is -0.323. The Morgan fingerprint density at radius 2 is 2.00 bits per heavy atom. The van der Waals surface area contributed by atoms with Crippen molar-refractivity contribution < 1.29 is 14.3 Å². The Morgan fingerprint density at radius 3 is 2.56 bits per heavy atom. The average molecular weight is 247 g/mol. The molecule has 0 aliphatic carbocycles. The molecule has 94 valence electrons. The first-order chi connectivity index (χ1) is 8.65. The van der Waals surface area contributed by atoms with E-state index in [2.05, 4.69) is 15.6 Å². The lowest BCUT2D eigenvalue weighted by Crippen LogP contribution is -2.37. The molecule has 0 aliphatic rings. The normalized spacial score (nSPS) is 9.33. The van der Waals surface area contributed by atoms with Gasteiger partial charge in [0.2, 0.25) is 5.91 Å². The van der Waals surface area contributed by atoms with E-state index in [0.717, 1.165) is 5.56 Å². The lowest BCUT2D eigenvalue weighted by Gasteiger charge is -2.06. The van der Waals surface area contributed by atoms with Gasteiger partial charge >= 0.3 is 5.97 Å². The highest BCUT2D eigenvalue weighted by atomic mass is 16.5. The molecule has 0 aromatic heterocycles. The predicted molar refractivity (Wildman–Crippen MR) is 62.8 cm³/mol. The van der Waals surface area contributed by atoms with Crippen molar-refractivity contribution in [2.24, 2.45) is 0 Å². The summed E-state index contributed by atoms with van der Waals surface area (Å²) < 4.78 is 4.35. The number of hydrazine groups is 1. The highest BCUT2D eigenvalue weighted by Gasteiger charge is 2.07. The zero-order chi connectivity index (χ0) is 13.4. The summed E-state index contributed by atoms with van der Waals surface area (Å²) in [5.74, 6) is -1.05. The number of nitrogens with one attached hydrogen (secondary N) is 2. The largest absolute Gasteiger partial charge is 0.469 e. The molecule has 1 aromatic rings. The van der Waals surface area contributed by atoms with E-state index >= 15 is 0 Å². The van der Waals surface area contributed by atoms with Crippen molar-refractivity contribution in [3.63, 3.8) is 0 Å². The molecule has 0 spiro atoms. The van der Waals surface area contributed by atoms with Crippen molar-refractivity contribution in [3.05, 3.63) is 35.4 Å². The van der Waals surface area contributed by atoms with Crippen LogP contribution in [0.5, 0.6) is 0 Å². The van der Waals surface area contributed by atoms with Gasteiger partial charge in [-0.3, -0.25) is 15.0 Å². The molecule has 0 aliphatic heterocycles. The molecule has 6 nitrogen and oxygen atoms in total. The molecule has 18 heavy (non-hydrogen) atoms. The summed E-state index contributed by atoms with van der Waals surface area (Å²) in [6, 6.07) is 8.94. The van der Waals surface area contributed by atoms with E-state index in [0.29, 0.717) is 12.1 Å². The number of esters is 1. The summed E-state index contributed by atoms with van der Waals surface area (Å²) >= 11 is 0. The first kappa shape index (κ1) is 13.7. The van der Waals surface area contributed by atoms with E-state index in [1.54, 1.807) is 24.3 Å². The number of methoxy groups -OCH3 is 1. The minimum Gasteiger partial charge on any atom is -0.469 e. The second kappa shape index (κ2) is 7.04. The molecule has 0 unspecified atom stereocenters. The number of ether oxygens (including phenoxy) is 1. The molecule has 1 rings (SSSR count).